The van der Waals surface area contributed by atoms with Gasteiger partial charge in [0.2, 0.25) is 5.91 Å². The zero-order valence-corrected chi connectivity index (χ0v) is 19.9. The molecule has 7 rings (SSSR count). The number of carbonyl (C=O) groups excluding carboxylic acids is 3. The number of aliphatic imine (C=N–C) groups is 1. The zero-order valence-electron chi connectivity index (χ0n) is 19.9. The monoisotopic (exact) mass is 493 g/mol. The summed E-state index contributed by atoms with van der Waals surface area (Å²) in [6, 6.07) is 7.19. The number of hydrogen-bond acceptors (Lipinski definition) is 7. The highest BCUT2D eigenvalue weighted by Crippen LogP contribution is 2.41. The third kappa shape index (κ3) is 3.27. The van der Waals surface area contributed by atoms with E-state index in [1.54, 1.807) is 24.7 Å². The topological polar surface area (TPSA) is 108 Å². The van der Waals surface area contributed by atoms with E-state index in [1.165, 1.54) is 12.5 Å². The highest BCUT2D eigenvalue weighted by molar-refractivity contribution is 6.48. The number of imide groups is 1. The van der Waals surface area contributed by atoms with Crippen LogP contribution in [-0.2, 0) is 20.8 Å². The summed E-state index contributed by atoms with van der Waals surface area (Å²) >= 11 is 0. The van der Waals surface area contributed by atoms with Crippen molar-refractivity contribution in [3.63, 3.8) is 0 Å². The van der Waals surface area contributed by atoms with E-state index < -0.39 is 11.8 Å². The van der Waals surface area contributed by atoms with Crippen LogP contribution < -0.4 is 10.2 Å². The summed E-state index contributed by atoms with van der Waals surface area (Å²) < 4.78 is 5.65. The van der Waals surface area contributed by atoms with Crippen LogP contribution in [0.2, 0.25) is 0 Å². The number of furan rings is 1. The molecule has 0 saturated carbocycles. The third-order valence-electron chi connectivity index (χ3n) is 7.56. The molecule has 0 radical (unpaired) electrons. The molecule has 1 fully saturated rings. The first-order valence-corrected chi connectivity index (χ1v) is 12.5. The summed E-state index contributed by atoms with van der Waals surface area (Å²) in [5.74, 6) is -0.941. The van der Waals surface area contributed by atoms with Crippen LogP contribution in [0.3, 0.4) is 0 Å². The second-order valence-corrected chi connectivity index (χ2v) is 9.66. The van der Waals surface area contributed by atoms with Crippen LogP contribution in [0, 0.1) is 0 Å². The highest BCUT2D eigenvalue weighted by atomic mass is 16.3. The highest BCUT2D eigenvalue weighted by Gasteiger charge is 2.42. The average Bonchev–Trinajstić information content (AvgIpc) is 3.58. The minimum absolute atomic E-state index is 0.110. The van der Waals surface area contributed by atoms with Crippen molar-refractivity contribution in [3.8, 4) is 0 Å². The van der Waals surface area contributed by atoms with Gasteiger partial charge in [-0.2, -0.15) is 0 Å². The molecule has 1 saturated heterocycles. The fourth-order valence-corrected chi connectivity index (χ4v) is 5.88. The minimum Gasteiger partial charge on any atom is -0.464 e. The predicted molar refractivity (Wildman–Crippen MR) is 137 cm³/mol. The van der Waals surface area contributed by atoms with Gasteiger partial charge in [-0.1, -0.05) is 18.2 Å². The van der Waals surface area contributed by atoms with E-state index in [-0.39, 0.29) is 23.1 Å². The average molecular weight is 494 g/mol. The molecular weight excluding hydrogens is 470 g/mol. The standard InChI is InChI=1S/C28H23N5O4/c34-26-21(19-15-29-14-17-7-12-37-25(17)19)22(27(35)31-26)23-18-6-4-5-16-13-20(33(24(16)18)11-8-30-23)28(36)32-9-2-1-3-10-32/h4-8,11-12,14-15,20H,1-3,9-10,13H2,(H,31,34,35). The number of carbonyl (C=O) groups is 3. The Bertz CT molecular complexity index is 1590. The van der Waals surface area contributed by atoms with Crippen molar-refractivity contribution in [2.45, 2.75) is 31.7 Å². The fraction of sp³-hybridized carbons (Fsp3) is 0.250. The number of aromatic nitrogens is 1. The molecule has 1 aromatic carbocycles. The van der Waals surface area contributed by atoms with E-state index in [1.807, 2.05) is 28.0 Å². The molecule has 4 aliphatic heterocycles. The summed E-state index contributed by atoms with van der Waals surface area (Å²) in [5.41, 5.74) is 4.18. The lowest BCUT2D eigenvalue weighted by Crippen LogP contribution is -2.47. The Hall–Kier alpha value is -4.53. The van der Waals surface area contributed by atoms with Gasteiger partial charge in [-0.05, 0) is 30.9 Å². The number of nitrogens with zero attached hydrogens (tertiary/aromatic N) is 4. The summed E-state index contributed by atoms with van der Waals surface area (Å²) in [4.78, 5) is 52.6. The van der Waals surface area contributed by atoms with Crippen LogP contribution in [0.1, 0.15) is 36.0 Å². The molecule has 6 heterocycles. The van der Waals surface area contributed by atoms with Gasteiger partial charge < -0.3 is 14.2 Å². The molecule has 37 heavy (non-hydrogen) atoms. The van der Waals surface area contributed by atoms with Gasteiger partial charge in [0.1, 0.15) is 11.6 Å². The van der Waals surface area contributed by atoms with E-state index in [0.29, 0.717) is 28.8 Å². The summed E-state index contributed by atoms with van der Waals surface area (Å²) in [7, 11) is 0. The predicted octanol–water partition coefficient (Wildman–Crippen LogP) is 2.96. The molecule has 184 valence electrons. The van der Waals surface area contributed by atoms with Gasteiger partial charge in [0, 0.05) is 60.8 Å². The number of hydrogen-bond donors (Lipinski definition) is 1. The maximum atomic E-state index is 13.5. The maximum Gasteiger partial charge on any atom is 0.261 e. The molecule has 9 heteroatoms. The molecular formula is C28H23N5O4. The lowest BCUT2D eigenvalue weighted by molar-refractivity contribution is -0.133. The Morgan fingerprint density at radius 3 is 2.70 bits per heavy atom. The first kappa shape index (κ1) is 21.7. The van der Waals surface area contributed by atoms with E-state index in [9.17, 15) is 14.4 Å². The normalized spacial score (nSPS) is 20.9. The number of rotatable bonds is 3. The largest absolute Gasteiger partial charge is 0.464 e. The van der Waals surface area contributed by atoms with Gasteiger partial charge in [0.15, 0.2) is 0 Å². The SMILES string of the molecule is O=C1NC(=O)C(c2cncc3ccoc23)=C1C1=NC=CN2c3c(cccc31)CC2C(=O)N1CCCCC1. The Kier molecular flexibility index (Phi) is 4.85. The van der Waals surface area contributed by atoms with Gasteiger partial charge in [-0.15, -0.1) is 0 Å². The first-order valence-electron chi connectivity index (χ1n) is 12.5. The Labute approximate surface area is 212 Å². The molecule has 0 spiro atoms. The summed E-state index contributed by atoms with van der Waals surface area (Å²) in [6.45, 7) is 1.56. The number of para-hydroxylation sites is 1. The number of piperidine rings is 1. The molecule has 0 bridgehead atoms. The van der Waals surface area contributed by atoms with Crippen molar-refractivity contribution >= 4 is 45.7 Å². The van der Waals surface area contributed by atoms with E-state index >= 15 is 0 Å². The second kappa shape index (κ2) is 8.26. The lowest BCUT2D eigenvalue weighted by Gasteiger charge is -2.32. The number of nitrogens with one attached hydrogen (secondary N) is 1. The van der Waals surface area contributed by atoms with Crippen molar-refractivity contribution in [2.24, 2.45) is 4.99 Å². The summed E-state index contributed by atoms with van der Waals surface area (Å²) in [6.07, 6.45) is 11.9. The molecule has 2 aromatic heterocycles. The van der Waals surface area contributed by atoms with Crippen molar-refractivity contribution in [2.75, 3.05) is 18.0 Å². The Morgan fingerprint density at radius 1 is 1.00 bits per heavy atom. The number of anilines is 1. The third-order valence-corrected chi connectivity index (χ3v) is 7.56. The molecule has 3 aromatic rings. The zero-order chi connectivity index (χ0) is 25.1. The second-order valence-electron chi connectivity index (χ2n) is 9.66. The number of pyridine rings is 1. The Balaban J connectivity index is 1.36. The minimum atomic E-state index is -0.527. The van der Waals surface area contributed by atoms with Crippen molar-refractivity contribution in [1.82, 2.24) is 15.2 Å². The molecule has 4 aliphatic rings. The van der Waals surface area contributed by atoms with Crippen LogP contribution in [0.15, 0.2) is 70.3 Å². The quantitative estimate of drug-likeness (QED) is 0.562. The number of amides is 3. The molecule has 9 nitrogen and oxygen atoms in total. The van der Waals surface area contributed by atoms with E-state index in [2.05, 4.69) is 15.3 Å². The Morgan fingerprint density at radius 2 is 1.84 bits per heavy atom. The molecule has 1 unspecified atom stereocenters. The maximum absolute atomic E-state index is 13.5. The van der Waals surface area contributed by atoms with Crippen molar-refractivity contribution < 1.29 is 18.8 Å². The van der Waals surface area contributed by atoms with Crippen molar-refractivity contribution in [1.29, 1.82) is 0 Å². The number of likely N-dealkylation sites (tertiary alicyclic amines) is 1. The van der Waals surface area contributed by atoms with Gasteiger partial charge >= 0.3 is 0 Å². The molecule has 0 aliphatic carbocycles. The molecule has 1 atom stereocenters. The first-order chi connectivity index (χ1) is 18.1. The van der Waals surface area contributed by atoms with Crippen LogP contribution >= 0.6 is 0 Å². The van der Waals surface area contributed by atoms with Gasteiger partial charge in [0.05, 0.1) is 28.8 Å². The van der Waals surface area contributed by atoms with Crippen LogP contribution in [0.25, 0.3) is 16.5 Å². The number of benzene rings is 1. The van der Waals surface area contributed by atoms with Crippen LogP contribution in [0.4, 0.5) is 5.69 Å². The van der Waals surface area contributed by atoms with Crippen LogP contribution in [0.5, 0.6) is 0 Å². The van der Waals surface area contributed by atoms with E-state index in [4.69, 9.17) is 4.42 Å². The van der Waals surface area contributed by atoms with Gasteiger partial charge in [-0.3, -0.25) is 29.7 Å². The number of fused-ring (bicyclic) bond motifs is 1. The lowest BCUT2D eigenvalue weighted by atomic mass is 9.93. The van der Waals surface area contributed by atoms with Crippen LogP contribution in [-0.4, -0.2) is 52.4 Å². The van der Waals surface area contributed by atoms with E-state index in [0.717, 1.165) is 49.0 Å². The summed E-state index contributed by atoms with van der Waals surface area (Å²) in [5, 5.41) is 3.16. The van der Waals surface area contributed by atoms with Gasteiger partial charge in [0.25, 0.3) is 11.8 Å². The molecule has 3 amide bonds. The smallest absolute Gasteiger partial charge is 0.261 e. The van der Waals surface area contributed by atoms with Crippen molar-refractivity contribution in [3.05, 3.63) is 77.6 Å². The molecule has 1 N–H and O–H groups in total. The fourth-order valence-electron chi connectivity index (χ4n) is 5.88. The van der Waals surface area contributed by atoms with Gasteiger partial charge in [-0.25, -0.2) is 0 Å².